The standard InChI is InChI=1S/C12H25N3O/c1-13-8-12(16)10-15-6-4-14(5-7-15)9-11-2-3-11/h11-13,16H,2-10H2,1H3. The molecule has 4 nitrogen and oxygen atoms in total. The number of aliphatic hydroxyl groups is 1. The maximum Gasteiger partial charge on any atom is 0.0791 e. The Bertz CT molecular complexity index is 200. The third-order valence-electron chi connectivity index (χ3n) is 3.59. The zero-order valence-corrected chi connectivity index (χ0v) is 10.4. The zero-order valence-electron chi connectivity index (χ0n) is 10.4. The van der Waals surface area contributed by atoms with Gasteiger partial charge < -0.3 is 15.3 Å². The third kappa shape index (κ3) is 4.01. The third-order valence-corrected chi connectivity index (χ3v) is 3.59. The van der Waals surface area contributed by atoms with Crippen molar-refractivity contribution in [1.29, 1.82) is 0 Å². The fourth-order valence-electron chi connectivity index (χ4n) is 2.42. The molecule has 1 aliphatic heterocycles. The highest BCUT2D eigenvalue weighted by Gasteiger charge is 2.26. The van der Waals surface area contributed by atoms with Gasteiger partial charge in [0.25, 0.3) is 0 Å². The Morgan fingerprint density at radius 2 is 1.81 bits per heavy atom. The van der Waals surface area contributed by atoms with Crippen LogP contribution in [0.25, 0.3) is 0 Å². The lowest BCUT2D eigenvalue weighted by Gasteiger charge is -2.35. The van der Waals surface area contributed by atoms with Crippen LogP contribution in [0.15, 0.2) is 0 Å². The van der Waals surface area contributed by atoms with Crippen LogP contribution in [-0.2, 0) is 0 Å². The van der Waals surface area contributed by atoms with Gasteiger partial charge in [-0.25, -0.2) is 0 Å². The van der Waals surface area contributed by atoms with Crippen LogP contribution < -0.4 is 5.32 Å². The maximum absolute atomic E-state index is 9.70. The van der Waals surface area contributed by atoms with Gasteiger partial charge in [0.15, 0.2) is 0 Å². The summed E-state index contributed by atoms with van der Waals surface area (Å²) in [6.45, 7) is 7.43. The molecular weight excluding hydrogens is 202 g/mol. The molecule has 2 N–H and O–H groups in total. The summed E-state index contributed by atoms with van der Waals surface area (Å²) in [6, 6.07) is 0. The van der Waals surface area contributed by atoms with Crippen LogP contribution in [0, 0.1) is 5.92 Å². The van der Waals surface area contributed by atoms with E-state index in [9.17, 15) is 5.11 Å². The van der Waals surface area contributed by atoms with Crippen LogP contribution in [0.3, 0.4) is 0 Å². The van der Waals surface area contributed by atoms with Crippen LogP contribution in [0.1, 0.15) is 12.8 Å². The average molecular weight is 227 g/mol. The fourth-order valence-corrected chi connectivity index (χ4v) is 2.42. The number of hydrogen-bond donors (Lipinski definition) is 2. The first-order chi connectivity index (χ1) is 7.78. The van der Waals surface area contributed by atoms with E-state index in [-0.39, 0.29) is 6.10 Å². The normalized spacial score (nSPS) is 25.9. The second kappa shape index (κ2) is 5.96. The van der Waals surface area contributed by atoms with Gasteiger partial charge in [0.05, 0.1) is 6.10 Å². The molecule has 16 heavy (non-hydrogen) atoms. The van der Waals surface area contributed by atoms with Gasteiger partial charge in [-0.1, -0.05) is 0 Å². The lowest BCUT2D eigenvalue weighted by molar-refractivity contribution is 0.0719. The van der Waals surface area contributed by atoms with E-state index in [1.54, 1.807) is 0 Å². The predicted molar refractivity (Wildman–Crippen MR) is 65.5 cm³/mol. The molecule has 0 aromatic heterocycles. The summed E-state index contributed by atoms with van der Waals surface area (Å²) >= 11 is 0. The van der Waals surface area contributed by atoms with E-state index in [0.717, 1.165) is 25.6 Å². The predicted octanol–water partition coefficient (Wildman–Crippen LogP) is -0.406. The van der Waals surface area contributed by atoms with E-state index in [0.29, 0.717) is 6.54 Å². The van der Waals surface area contributed by atoms with Crippen molar-refractivity contribution in [2.75, 3.05) is 52.9 Å². The summed E-state index contributed by atoms with van der Waals surface area (Å²) < 4.78 is 0. The second-order valence-electron chi connectivity index (χ2n) is 5.26. The van der Waals surface area contributed by atoms with Crippen LogP contribution in [0.4, 0.5) is 0 Å². The smallest absolute Gasteiger partial charge is 0.0791 e. The van der Waals surface area contributed by atoms with Gasteiger partial charge in [-0.2, -0.15) is 0 Å². The van der Waals surface area contributed by atoms with Crippen molar-refractivity contribution < 1.29 is 5.11 Å². The Morgan fingerprint density at radius 3 is 2.38 bits per heavy atom. The molecule has 1 unspecified atom stereocenters. The lowest BCUT2D eigenvalue weighted by Crippen LogP contribution is -2.49. The monoisotopic (exact) mass is 227 g/mol. The van der Waals surface area contributed by atoms with Crippen LogP contribution in [-0.4, -0.2) is 73.9 Å². The molecular formula is C12H25N3O. The molecule has 2 fully saturated rings. The molecule has 94 valence electrons. The second-order valence-corrected chi connectivity index (χ2v) is 5.26. The topological polar surface area (TPSA) is 38.7 Å². The first-order valence-electron chi connectivity index (χ1n) is 6.55. The SMILES string of the molecule is CNCC(O)CN1CCN(CC2CC2)CC1. The van der Waals surface area contributed by atoms with Gasteiger partial charge in [-0.05, 0) is 25.8 Å². The van der Waals surface area contributed by atoms with Crippen molar-refractivity contribution >= 4 is 0 Å². The Balaban J connectivity index is 1.60. The minimum absolute atomic E-state index is 0.222. The Labute approximate surface area is 98.6 Å². The Morgan fingerprint density at radius 1 is 1.19 bits per heavy atom. The largest absolute Gasteiger partial charge is 0.390 e. The number of hydrogen-bond acceptors (Lipinski definition) is 4. The Kier molecular flexibility index (Phi) is 4.58. The van der Waals surface area contributed by atoms with Crippen molar-refractivity contribution in [1.82, 2.24) is 15.1 Å². The molecule has 0 radical (unpaired) electrons. The number of nitrogens with zero attached hydrogens (tertiary/aromatic N) is 2. The van der Waals surface area contributed by atoms with Crippen molar-refractivity contribution in [3.8, 4) is 0 Å². The fraction of sp³-hybridized carbons (Fsp3) is 1.00. The molecule has 0 amide bonds. The molecule has 0 bridgehead atoms. The molecule has 0 aromatic rings. The first-order valence-corrected chi connectivity index (χ1v) is 6.55. The highest BCUT2D eigenvalue weighted by atomic mass is 16.3. The summed E-state index contributed by atoms with van der Waals surface area (Å²) in [4.78, 5) is 4.96. The van der Waals surface area contributed by atoms with Gasteiger partial charge in [-0.15, -0.1) is 0 Å². The number of aliphatic hydroxyl groups excluding tert-OH is 1. The molecule has 2 aliphatic rings. The highest BCUT2D eigenvalue weighted by molar-refractivity contribution is 4.81. The first kappa shape index (κ1) is 12.3. The number of likely N-dealkylation sites (N-methyl/N-ethyl adjacent to an activating group) is 1. The molecule has 4 heteroatoms. The minimum Gasteiger partial charge on any atom is -0.390 e. The Hall–Kier alpha value is -0.160. The summed E-state index contributed by atoms with van der Waals surface area (Å²) in [5, 5.41) is 12.7. The van der Waals surface area contributed by atoms with Crippen LogP contribution in [0.2, 0.25) is 0 Å². The van der Waals surface area contributed by atoms with E-state index in [2.05, 4.69) is 15.1 Å². The molecule has 0 spiro atoms. The van der Waals surface area contributed by atoms with E-state index in [1.807, 2.05) is 7.05 Å². The molecule has 1 saturated carbocycles. The van der Waals surface area contributed by atoms with Gasteiger partial charge in [0.2, 0.25) is 0 Å². The van der Waals surface area contributed by atoms with E-state index in [4.69, 9.17) is 0 Å². The summed E-state index contributed by atoms with van der Waals surface area (Å²) in [7, 11) is 1.89. The maximum atomic E-state index is 9.70. The van der Waals surface area contributed by atoms with Crippen molar-refractivity contribution in [2.24, 2.45) is 5.92 Å². The average Bonchev–Trinajstić information content (AvgIpc) is 3.05. The van der Waals surface area contributed by atoms with Crippen molar-refractivity contribution in [3.63, 3.8) is 0 Å². The lowest BCUT2D eigenvalue weighted by atomic mass is 10.2. The highest BCUT2D eigenvalue weighted by Crippen LogP contribution is 2.29. The number of piperazine rings is 1. The molecule has 1 saturated heterocycles. The van der Waals surface area contributed by atoms with E-state index >= 15 is 0 Å². The van der Waals surface area contributed by atoms with Crippen molar-refractivity contribution in [2.45, 2.75) is 18.9 Å². The minimum atomic E-state index is -0.222. The van der Waals surface area contributed by atoms with E-state index in [1.165, 1.54) is 32.5 Å². The molecule has 1 atom stereocenters. The van der Waals surface area contributed by atoms with E-state index < -0.39 is 0 Å². The molecule has 0 aromatic carbocycles. The van der Waals surface area contributed by atoms with Crippen molar-refractivity contribution in [3.05, 3.63) is 0 Å². The summed E-state index contributed by atoms with van der Waals surface area (Å²) in [5.74, 6) is 1.00. The number of β-amino-alcohol motifs (C(OH)–C–C–N with tert-alkyl or cyclic N) is 1. The quantitative estimate of drug-likeness (QED) is 0.647. The summed E-state index contributed by atoms with van der Waals surface area (Å²) in [6.07, 6.45) is 2.67. The van der Waals surface area contributed by atoms with Gasteiger partial charge >= 0.3 is 0 Å². The van der Waals surface area contributed by atoms with Gasteiger partial charge in [0.1, 0.15) is 0 Å². The van der Waals surface area contributed by atoms with Crippen LogP contribution in [0.5, 0.6) is 0 Å². The van der Waals surface area contributed by atoms with Gasteiger partial charge in [-0.3, -0.25) is 4.90 Å². The summed E-state index contributed by atoms with van der Waals surface area (Å²) in [5.41, 5.74) is 0. The van der Waals surface area contributed by atoms with Gasteiger partial charge in [0, 0.05) is 45.8 Å². The van der Waals surface area contributed by atoms with Crippen LogP contribution >= 0.6 is 0 Å². The molecule has 1 aliphatic carbocycles. The molecule has 1 heterocycles. The zero-order chi connectivity index (χ0) is 11.4. The molecule has 2 rings (SSSR count). The number of nitrogens with one attached hydrogen (secondary N) is 1. The number of rotatable bonds is 6.